The molecule has 0 spiro atoms. The monoisotopic (exact) mass is 213 g/mol. The van der Waals surface area contributed by atoms with E-state index < -0.39 is 0 Å². The average molecular weight is 213 g/mol. The highest BCUT2D eigenvalue weighted by Gasteiger charge is 2.17. The van der Waals surface area contributed by atoms with E-state index in [1.165, 1.54) is 16.8 Å². The van der Waals surface area contributed by atoms with Crippen LogP contribution in [0.5, 0.6) is 0 Å². The summed E-state index contributed by atoms with van der Waals surface area (Å²) in [5, 5.41) is 8.79. The summed E-state index contributed by atoms with van der Waals surface area (Å²) in [6.45, 7) is 5.86. The average Bonchev–Trinajstić information content (AvgIpc) is 2.29. The number of nitriles is 1. The normalized spacial score (nSPS) is 14.8. The van der Waals surface area contributed by atoms with Crippen molar-refractivity contribution in [3.8, 4) is 6.07 Å². The standard InChI is InChI=1S/C14H17N2/c1-11(2)12-5-6-14-13(10-12)4-3-8-16(14)9-7-15/h4-6,10-11H,3,8-9H2,1-2H3. The molecule has 0 saturated carbocycles. The number of hydrogen-bond acceptors (Lipinski definition) is 2. The van der Waals surface area contributed by atoms with Gasteiger partial charge in [-0.2, -0.15) is 5.26 Å². The predicted octanol–water partition coefficient (Wildman–Crippen LogP) is 3.10. The van der Waals surface area contributed by atoms with Gasteiger partial charge in [-0.1, -0.05) is 26.0 Å². The van der Waals surface area contributed by atoms with Gasteiger partial charge in [0.05, 0.1) is 6.07 Å². The molecule has 83 valence electrons. The minimum atomic E-state index is 0.488. The Morgan fingerprint density at radius 1 is 1.44 bits per heavy atom. The number of rotatable bonds is 2. The molecule has 0 fully saturated rings. The van der Waals surface area contributed by atoms with E-state index in [4.69, 9.17) is 5.26 Å². The Morgan fingerprint density at radius 3 is 2.94 bits per heavy atom. The number of fused-ring (bicyclic) bond motifs is 1. The Labute approximate surface area is 97.5 Å². The lowest BCUT2D eigenvalue weighted by molar-refractivity contribution is 0.798. The van der Waals surface area contributed by atoms with E-state index in [1.54, 1.807) is 0 Å². The van der Waals surface area contributed by atoms with E-state index in [9.17, 15) is 0 Å². The zero-order valence-electron chi connectivity index (χ0n) is 9.90. The van der Waals surface area contributed by atoms with Gasteiger partial charge in [0, 0.05) is 12.2 Å². The molecule has 2 rings (SSSR count). The van der Waals surface area contributed by atoms with Crippen LogP contribution in [0, 0.1) is 17.8 Å². The molecule has 2 heteroatoms. The third kappa shape index (κ3) is 2.04. The summed E-state index contributed by atoms with van der Waals surface area (Å²) in [4.78, 5) is 2.15. The van der Waals surface area contributed by atoms with Crippen LogP contribution in [0.25, 0.3) is 0 Å². The van der Waals surface area contributed by atoms with Crippen molar-refractivity contribution in [2.45, 2.75) is 26.2 Å². The molecule has 0 aromatic heterocycles. The van der Waals surface area contributed by atoms with Crippen molar-refractivity contribution in [1.29, 1.82) is 5.26 Å². The molecule has 1 radical (unpaired) electrons. The molecule has 1 aliphatic heterocycles. The molecule has 0 atom stereocenters. The van der Waals surface area contributed by atoms with Crippen LogP contribution in [0.3, 0.4) is 0 Å². The third-order valence-corrected chi connectivity index (χ3v) is 3.08. The molecular formula is C14H17N2. The Morgan fingerprint density at radius 2 is 2.25 bits per heavy atom. The molecule has 1 aromatic carbocycles. The fraction of sp³-hybridized carbons (Fsp3) is 0.429. The van der Waals surface area contributed by atoms with Crippen molar-refractivity contribution in [1.82, 2.24) is 0 Å². The second kappa shape index (κ2) is 4.57. The number of anilines is 1. The lowest BCUT2D eigenvalue weighted by Crippen LogP contribution is -2.29. The van der Waals surface area contributed by atoms with Crippen molar-refractivity contribution in [3.63, 3.8) is 0 Å². The van der Waals surface area contributed by atoms with E-state index in [1.807, 2.05) is 0 Å². The molecule has 0 unspecified atom stereocenters. The van der Waals surface area contributed by atoms with Gasteiger partial charge in [0.15, 0.2) is 0 Å². The largest absolute Gasteiger partial charge is 0.358 e. The van der Waals surface area contributed by atoms with Gasteiger partial charge in [-0.15, -0.1) is 0 Å². The van der Waals surface area contributed by atoms with Gasteiger partial charge >= 0.3 is 0 Å². The Balaban J connectivity index is 2.33. The molecule has 0 aliphatic carbocycles. The Bertz CT molecular complexity index is 415. The first-order valence-electron chi connectivity index (χ1n) is 5.81. The van der Waals surface area contributed by atoms with E-state index in [0.717, 1.165) is 13.0 Å². The Hall–Kier alpha value is -1.49. The molecule has 0 amide bonds. The van der Waals surface area contributed by atoms with Gasteiger partial charge in [-0.3, -0.25) is 0 Å². The minimum Gasteiger partial charge on any atom is -0.358 e. The van der Waals surface area contributed by atoms with Crippen molar-refractivity contribution >= 4 is 5.69 Å². The van der Waals surface area contributed by atoms with Crippen molar-refractivity contribution in [2.75, 3.05) is 18.0 Å². The summed E-state index contributed by atoms with van der Waals surface area (Å²) in [6, 6.07) is 8.81. The number of benzene rings is 1. The molecule has 16 heavy (non-hydrogen) atoms. The molecule has 1 heterocycles. The van der Waals surface area contributed by atoms with Crippen molar-refractivity contribution in [2.24, 2.45) is 0 Å². The second-order valence-corrected chi connectivity index (χ2v) is 4.55. The molecule has 0 bridgehead atoms. The minimum absolute atomic E-state index is 0.488. The van der Waals surface area contributed by atoms with E-state index in [0.29, 0.717) is 12.5 Å². The first kappa shape index (κ1) is 11.0. The van der Waals surface area contributed by atoms with Crippen molar-refractivity contribution in [3.05, 3.63) is 35.7 Å². The highest BCUT2D eigenvalue weighted by molar-refractivity contribution is 5.60. The summed E-state index contributed by atoms with van der Waals surface area (Å²) in [6.07, 6.45) is 3.31. The van der Waals surface area contributed by atoms with Gasteiger partial charge in [-0.05, 0) is 36.0 Å². The number of hydrogen-bond donors (Lipinski definition) is 0. The SMILES string of the molecule is CC(C)c1ccc2c(c1)[CH]CCN2CC#N. The van der Waals surface area contributed by atoms with Crippen LogP contribution in [0.1, 0.15) is 37.3 Å². The van der Waals surface area contributed by atoms with Crippen molar-refractivity contribution < 1.29 is 0 Å². The van der Waals surface area contributed by atoms with Gasteiger partial charge in [-0.25, -0.2) is 0 Å². The van der Waals surface area contributed by atoms with Gasteiger partial charge in [0.1, 0.15) is 6.54 Å². The first-order valence-corrected chi connectivity index (χ1v) is 5.81. The first-order chi connectivity index (χ1) is 7.72. The second-order valence-electron chi connectivity index (χ2n) is 4.55. The van der Waals surface area contributed by atoms with E-state index in [2.05, 4.69) is 49.4 Å². The quantitative estimate of drug-likeness (QED) is 0.706. The van der Waals surface area contributed by atoms with Gasteiger partial charge in [0.25, 0.3) is 0 Å². The predicted molar refractivity (Wildman–Crippen MR) is 66.4 cm³/mol. The fourth-order valence-electron chi connectivity index (χ4n) is 2.13. The van der Waals surface area contributed by atoms with Crippen LogP contribution in [0.2, 0.25) is 0 Å². The van der Waals surface area contributed by atoms with E-state index >= 15 is 0 Å². The smallest absolute Gasteiger partial charge is 0.105 e. The molecule has 1 aliphatic rings. The lowest BCUT2D eigenvalue weighted by atomic mass is 9.95. The molecule has 2 nitrogen and oxygen atoms in total. The summed E-state index contributed by atoms with van der Waals surface area (Å²) >= 11 is 0. The maximum atomic E-state index is 8.79. The zero-order valence-corrected chi connectivity index (χ0v) is 9.90. The summed E-state index contributed by atoms with van der Waals surface area (Å²) in [5.74, 6) is 0.560. The maximum Gasteiger partial charge on any atom is 0.105 e. The molecule has 1 aromatic rings. The Kier molecular flexibility index (Phi) is 3.14. The number of nitrogens with zero attached hydrogens (tertiary/aromatic N) is 2. The van der Waals surface area contributed by atoms with Crippen LogP contribution in [-0.4, -0.2) is 13.1 Å². The summed E-state index contributed by atoms with van der Waals surface area (Å²) < 4.78 is 0. The highest BCUT2D eigenvalue weighted by atomic mass is 15.1. The molecule has 0 saturated heterocycles. The zero-order chi connectivity index (χ0) is 11.5. The third-order valence-electron chi connectivity index (χ3n) is 3.08. The van der Waals surface area contributed by atoms with E-state index in [-0.39, 0.29) is 0 Å². The molecule has 0 N–H and O–H groups in total. The summed E-state index contributed by atoms with van der Waals surface area (Å²) in [5.41, 5.74) is 3.86. The van der Waals surface area contributed by atoms with Crippen LogP contribution in [0.15, 0.2) is 18.2 Å². The van der Waals surface area contributed by atoms with Crippen LogP contribution < -0.4 is 4.90 Å². The topological polar surface area (TPSA) is 27.0 Å². The summed E-state index contributed by atoms with van der Waals surface area (Å²) in [7, 11) is 0. The highest BCUT2D eigenvalue weighted by Crippen LogP contribution is 2.30. The molecular weight excluding hydrogens is 196 g/mol. The van der Waals surface area contributed by atoms with Gasteiger partial charge < -0.3 is 4.90 Å². The van der Waals surface area contributed by atoms with Gasteiger partial charge in [0.2, 0.25) is 0 Å². The fourth-order valence-corrected chi connectivity index (χ4v) is 2.13. The van der Waals surface area contributed by atoms with Crippen LogP contribution in [-0.2, 0) is 0 Å². The van der Waals surface area contributed by atoms with Crippen LogP contribution in [0.4, 0.5) is 5.69 Å². The maximum absolute atomic E-state index is 8.79. The lowest BCUT2D eigenvalue weighted by Gasteiger charge is -2.29. The van der Waals surface area contributed by atoms with Crippen LogP contribution >= 0.6 is 0 Å².